The van der Waals surface area contributed by atoms with Gasteiger partial charge in [0.2, 0.25) is 0 Å². The molecular formula is C45H29N3. The number of hydrogen-bond acceptors (Lipinski definition) is 3. The van der Waals surface area contributed by atoms with Crippen LogP contribution in [0, 0.1) is 0 Å². The Kier molecular flexibility index (Phi) is 6.80. The zero-order valence-electron chi connectivity index (χ0n) is 26.1. The third-order valence-electron chi connectivity index (χ3n) is 9.12. The lowest BCUT2D eigenvalue weighted by atomic mass is 9.88. The first-order valence-corrected chi connectivity index (χ1v) is 16.2. The summed E-state index contributed by atoms with van der Waals surface area (Å²) in [5, 5.41) is 7.30. The summed E-state index contributed by atoms with van der Waals surface area (Å²) in [6.07, 6.45) is 0. The van der Waals surface area contributed by atoms with Crippen molar-refractivity contribution in [2.24, 2.45) is 0 Å². The van der Waals surface area contributed by atoms with Crippen LogP contribution in [-0.4, -0.2) is 15.0 Å². The highest BCUT2D eigenvalue weighted by Gasteiger charge is 2.19. The van der Waals surface area contributed by atoms with Gasteiger partial charge in [-0.1, -0.05) is 170 Å². The first kappa shape index (κ1) is 27.8. The largest absolute Gasteiger partial charge is 0.208 e. The molecule has 0 aliphatic heterocycles. The van der Waals surface area contributed by atoms with E-state index < -0.39 is 0 Å². The Morgan fingerprint density at radius 1 is 0.271 bits per heavy atom. The molecule has 1 heterocycles. The lowest BCUT2D eigenvalue weighted by Crippen LogP contribution is -2.01. The first-order valence-electron chi connectivity index (χ1n) is 16.2. The summed E-state index contributed by atoms with van der Waals surface area (Å²) in [6.45, 7) is 0. The van der Waals surface area contributed by atoms with E-state index in [9.17, 15) is 0 Å². The molecule has 0 bridgehead atoms. The fraction of sp³-hybridized carbons (Fsp3) is 0. The minimum Gasteiger partial charge on any atom is -0.208 e. The summed E-state index contributed by atoms with van der Waals surface area (Å²) < 4.78 is 0. The van der Waals surface area contributed by atoms with Gasteiger partial charge in [-0.05, 0) is 60.6 Å². The van der Waals surface area contributed by atoms with Gasteiger partial charge in [0.25, 0.3) is 0 Å². The van der Waals surface area contributed by atoms with Crippen molar-refractivity contribution >= 4 is 32.3 Å². The minimum atomic E-state index is 0.641. The highest BCUT2D eigenvalue weighted by Crippen LogP contribution is 2.42. The summed E-state index contributed by atoms with van der Waals surface area (Å²) in [5.74, 6) is 1.93. The summed E-state index contributed by atoms with van der Waals surface area (Å²) in [4.78, 5) is 15.3. The van der Waals surface area contributed by atoms with Crippen molar-refractivity contribution in [2.75, 3.05) is 0 Å². The van der Waals surface area contributed by atoms with Crippen molar-refractivity contribution in [3.8, 4) is 56.4 Å². The van der Waals surface area contributed by atoms with Crippen molar-refractivity contribution in [1.29, 1.82) is 0 Å². The Morgan fingerprint density at radius 3 is 1.50 bits per heavy atom. The molecule has 8 aromatic carbocycles. The normalized spacial score (nSPS) is 11.3. The molecule has 9 rings (SSSR count). The SMILES string of the molecule is c1ccc(-c2ccc(-c3nc(-c4ccccc4)nc(-c4ccccc4-c4c5ccccc5cc5c4ccc4ccccc45)n3)cc2)cc1. The van der Waals surface area contributed by atoms with Crippen molar-refractivity contribution in [2.45, 2.75) is 0 Å². The molecule has 0 fully saturated rings. The molecule has 0 N–H and O–H groups in total. The van der Waals surface area contributed by atoms with Crippen LogP contribution in [0.2, 0.25) is 0 Å². The molecule has 0 atom stereocenters. The summed E-state index contributed by atoms with van der Waals surface area (Å²) in [5.41, 5.74) is 7.44. The Hall–Kier alpha value is -6.45. The van der Waals surface area contributed by atoms with E-state index in [-0.39, 0.29) is 0 Å². The summed E-state index contributed by atoms with van der Waals surface area (Å²) >= 11 is 0. The molecular weight excluding hydrogens is 583 g/mol. The van der Waals surface area contributed by atoms with Crippen molar-refractivity contribution in [1.82, 2.24) is 15.0 Å². The zero-order chi connectivity index (χ0) is 31.9. The van der Waals surface area contributed by atoms with Gasteiger partial charge in [-0.15, -0.1) is 0 Å². The molecule has 0 spiro atoms. The Balaban J connectivity index is 1.28. The van der Waals surface area contributed by atoms with Crippen LogP contribution in [0.15, 0.2) is 176 Å². The smallest absolute Gasteiger partial charge is 0.164 e. The van der Waals surface area contributed by atoms with Crippen molar-refractivity contribution < 1.29 is 0 Å². The van der Waals surface area contributed by atoms with Crippen LogP contribution in [0.5, 0.6) is 0 Å². The van der Waals surface area contributed by atoms with Gasteiger partial charge < -0.3 is 0 Å². The van der Waals surface area contributed by atoms with Gasteiger partial charge >= 0.3 is 0 Å². The maximum Gasteiger partial charge on any atom is 0.164 e. The van der Waals surface area contributed by atoms with Crippen LogP contribution in [0.25, 0.3) is 88.7 Å². The number of benzene rings is 8. The van der Waals surface area contributed by atoms with E-state index in [1.807, 2.05) is 24.3 Å². The average Bonchev–Trinajstić information content (AvgIpc) is 3.17. The van der Waals surface area contributed by atoms with E-state index in [2.05, 4.69) is 152 Å². The molecule has 0 saturated heterocycles. The predicted molar refractivity (Wildman–Crippen MR) is 200 cm³/mol. The monoisotopic (exact) mass is 611 g/mol. The summed E-state index contributed by atoms with van der Waals surface area (Å²) in [6, 6.07) is 61.7. The fourth-order valence-electron chi connectivity index (χ4n) is 6.79. The molecule has 1 aromatic heterocycles. The van der Waals surface area contributed by atoms with Gasteiger partial charge in [-0.25, -0.2) is 15.0 Å². The van der Waals surface area contributed by atoms with E-state index >= 15 is 0 Å². The highest BCUT2D eigenvalue weighted by molar-refractivity contribution is 6.21. The standard InChI is InChI=1S/C45H29N3/c1-3-13-30(14-4-1)31-23-25-34(26-24-31)44-46-43(33-16-5-2-6-17-33)47-45(48-44)40-22-12-11-21-38(40)42-37-20-10-8-18-35(37)29-41-36-19-9-7-15-32(36)27-28-39(41)42/h1-29H. The van der Waals surface area contributed by atoms with Gasteiger partial charge in [-0.2, -0.15) is 0 Å². The van der Waals surface area contributed by atoms with E-state index in [4.69, 9.17) is 15.0 Å². The molecule has 3 nitrogen and oxygen atoms in total. The third kappa shape index (κ3) is 4.90. The average molecular weight is 612 g/mol. The van der Waals surface area contributed by atoms with Crippen molar-refractivity contribution in [3.63, 3.8) is 0 Å². The van der Waals surface area contributed by atoms with Crippen LogP contribution in [0.4, 0.5) is 0 Å². The maximum absolute atomic E-state index is 5.18. The van der Waals surface area contributed by atoms with Crippen LogP contribution in [0.3, 0.4) is 0 Å². The van der Waals surface area contributed by atoms with E-state index in [0.717, 1.165) is 27.8 Å². The number of nitrogens with zero attached hydrogens (tertiary/aromatic N) is 3. The molecule has 0 radical (unpaired) electrons. The van der Waals surface area contributed by atoms with Crippen LogP contribution in [0.1, 0.15) is 0 Å². The molecule has 9 aromatic rings. The fourth-order valence-corrected chi connectivity index (χ4v) is 6.79. The number of rotatable bonds is 5. The summed E-state index contributed by atoms with van der Waals surface area (Å²) in [7, 11) is 0. The second kappa shape index (κ2) is 11.7. The van der Waals surface area contributed by atoms with Gasteiger partial charge in [0, 0.05) is 16.7 Å². The van der Waals surface area contributed by atoms with E-state index in [1.165, 1.54) is 43.4 Å². The number of hydrogen-bond donors (Lipinski definition) is 0. The topological polar surface area (TPSA) is 38.7 Å². The second-order valence-electron chi connectivity index (χ2n) is 12.0. The Labute approximate surface area is 278 Å². The maximum atomic E-state index is 5.18. The van der Waals surface area contributed by atoms with Gasteiger partial charge in [0.05, 0.1) is 0 Å². The second-order valence-corrected chi connectivity index (χ2v) is 12.0. The van der Waals surface area contributed by atoms with Crippen molar-refractivity contribution in [3.05, 3.63) is 176 Å². The molecule has 0 unspecified atom stereocenters. The number of aromatic nitrogens is 3. The minimum absolute atomic E-state index is 0.641. The molecule has 3 heteroatoms. The lowest BCUT2D eigenvalue weighted by molar-refractivity contribution is 1.07. The van der Waals surface area contributed by atoms with Gasteiger partial charge in [0.1, 0.15) is 0 Å². The molecule has 0 amide bonds. The zero-order valence-corrected chi connectivity index (χ0v) is 26.1. The van der Waals surface area contributed by atoms with Crippen LogP contribution >= 0.6 is 0 Å². The van der Waals surface area contributed by atoms with E-state index in [0.29, 0.717) is 17.5 Å². The van der Waals surface area contributed by atoms with E-state index in [1.54, 1.807) is 0 Å². The van der Waals surface area contributed by atoms with Crippen LogP contribution in [-0.2, 0) is 0 Å². The predicted octanol–water partition coefficient (Wildman–Crippen LogP) is 11.7. The Morgan fingerprint density at radius 2 is 0.771 bits per heavy atom. The highest BCUT2D eigenvalue weighted by atomic mass is 15.0. The van der Waals surface area contributed by atoms with Gasteiger partial charge in [0.15, 0.2) is 17.5 Å². The first-order chi connectivity index (χ1) is 23.8. The Bertz CT molecular complexity index is 2590. The van der Waals surface area contributed by atoms with Gasteiger partial charge in [-0.3, -0.25) is 0 Å². The van der Waals surface area contributed by atoms with Crippen LogP contribution < -0.4 is 0 Å². The molecule has 224 valence electrons. The molecule has 48 heavy (non-hydrogen) atoms. The molecule has 0 aliphatic rings. The lowest BCUT2D eigenvalue weighted by Gasteiger charge is -2.17. The quantitative estimate of drug-likeness (QED) is 0.144. The molecule has 0 aliphatic carbocycles. The number of fused-ring (bicyclic) bond motifs is 4. The molecule has 0 saturated carbocycles. The third-order valence-corrected chi connectivity index (χ3v) is 9.12.